The van der Waals surface area contributed by atoms with Crippen LogP contribution in [0.3, 0.4) is 0 Å². The fraction of sp³-hybridized carbons (Fsp3) is 0.222. The van der Waals surface area contributed by atoms with Crippen LogP contribution in [0.2, 0.25) is 0 Å². The van der Waals surface area contributed by atoms with Crippen molar-refractivity contribution in [2.24, 2.45) is 0 Å². The lowest BCUT2D eigenvalue weighted by Gasteiger charge is -2.11. The van der Waals surface area contributed by atoms with E-state index >= 15 is 0 Å². The van der Waals surface area contributed by atoms with E-state index in [0.717, 1.165) is 4.90 Å². The number of hydrogen-bond acceptors (Lipinski definition) is 5. The number of thioether (sulfide) groups is 1. The third kappa shape index (κ3) is 5.17. The van der Waals surface area contributed by atoms with Gasteiger partial charge in [0, 0.05) is 10.6 Å². The Labute approximate surface area is 153 Å². The highest BCUT2D eigenvalue weighted by Crippen LogP contribution is 2.24. The largest absolute Gasteiger partial charge is 0.452 e. The van der Waals surface area contributed by atoms with Crippen LogP contribution in [0.15, 0.2) is 58.3 Å². The van der Waals surface area contributed by atoms with Crippen molar-refractivity contribution in [2.75, 3.05) is 23.9 Å². The molecule has 0 radical (unpaired) electrons. The van der Waals surface area contributed by atoms with Gasteiger partial charge < -0.3 is 10.1 Å². The van der Waals surface area contributed by atoms with Crippen LogP contribution in [0.4, 0.5) is 5.69 Å². The molecule has 2 aromatic carbocycles. The van der Waals surface area contributed by atoms with Crippen LogP contribution in [0.1, 0.15) is 17.3 Å². The zero-order chi connectivity index (χ0) is 18.2. The van der Waals surface area contributed by atoms with Gasteiger partial charge in [0.1, 0.15) is 0 Å². The highest BCUT2D eigenvalue weighted by molar-refractivity contribution is 7.98. The van der Waals surface area contributed by atoms with E-state index in [1.165, 1.54) is 11.8 Å². The monoisotopic (exact) mass is 377 g/mol. The molecule has 0 spiro atoms. The molecule has 0 unspecified atom stereocenters. The minimum Gasteiger partial charge on any atom is -0.452 e. The molecule has 1 N–H and O–H groups in total. The minimum absolute atomic E-state index is 0.222. The second-order valence-electron chi connectivity index (χ2n) is 4.95. The lowest BCUT2D eigenvalue weighted by molar-refractivity contribution is -0.119. The zero-order valence-corrected chi connectivity index (χ0v) is 15.6. The van der Waals surface area contributed by atoms with Crippen LogP contribution in [0.5, 0.6) is 0 Å². The van der Waals surface area contributed by atoms with Crippen LogP contribution in [-0.4, -0.2) is 34.7 Å². The van der Waals surface area contributed by atoms with Crippen molar-refractivity contribution in [3.63, 3.8) is 0 Å². The normalized spacial score (nSPS) is 11.6. The third-order valence-corrected chi connectivity index (χ3v) is 5.50. The maximum Gasteiger partial charge on any atom is 0.339 e. The molecule has 0 saturated heterocycles. The van der Waals surface area contributed by atoms with Crippen molar-refractivity contribution in [3.8, 4) is 0 Å². The van der Waals surface area contributed by atoms with Crippen LogP contribution in [-0.2, 0) is 20.3 Å². The molecule has 0 aliphatic heterocycles. The van der Waals surface area contributed by atoms with E-state index < -0.39 is 29.3 Å². The van der Waals surface area contributed by atoms with Gasteiger partial charge in [-0.1, -0.05) is 31.2 Å². The quantitative estimate of drug-likeness (QED) is 0.592. The fourth-order valence-corrected chi connectivity index (χ4v) is 3.62. The summed E-state index contributed by atoms with van der Waals surface area (Å²) in [4.78, 5) is 25.6. The summed E-state index contributed by atoms with van der Waals surface area (Å²) in [5.41, 5.74) is 0.892. The van der Waals surface area contributed by atoms with Gasteiger partial charge in [0.2, 0.25) is 0 Å². The molecule has 25 heavy (non-hydrogen) atoms. The second kappa shape index (κ2) is 9.39. The molecule has 0 aliphatic rings. The maximum atomic E-state index is 12.2. The lowest BCUT2D eigenvalue weighted by atomic mass is 10.2. The Morgan fingerprint density at radius 2 is 1.80 bits per heavy atom. The van der Waals surface area contributed by atoms with Crippen molar-refractivity contribution in [3.05, 3.63) is 54.1 Å². The van der Waals surface area contributed by atoms with Gasteiger partial charge in [0.15, 0.2) is 6.61 Å². The summed E-state index contributed by atoms with van der Waals surface area (Å²) in [5, 5.41) is 2.72. The van der Waals surface area contributed by atoms with Crippen molar-refractivity contribution in [1.82, 2.24) is 0 Å². The van der Waals surface area contributed by atoms with E-state index in [4.69, 9.17) is 4.74 Å². The molecular weight excluding hydrogens is 358 g/mol. The summed E-state index contributed by atoms with van der Waals surface area (Å²) in [5.74, 6) is -0.689. The molecule has 0 bridgehead atoms. The van der Waals surface area contributed by atoms with Crippen LogP contribution in [0.25, 0.3) is 0 Å². The Morgan fingerprint density at radius 3 is 2.52 bits per heavy atom. The first-order valence-electron chi connectivity index (χ1n) is 7.64. The third-order valence-electron chi connectivity index (χ3n) is 3.33. The van der Waals surface area contributed by atoms with Crippen LogP contribution >= 0.6 is 11.8 Å². The molecule has 0 aromatic heterocycles. The Kier molecular flexibility index (Phi) is 7.21. The Hall–Kier alpha value is -2.12. The molecule has 0 heterocycles. The van der Waals surface area contributed by atoms with Crippen molar-refractivity contribution >= 4 is 40.1 Å². The molecule has 132 valence electrons. The predicted molar refractivity (Wildman–Crippen MR) is 101 cm³/mol. The predicted octanol–water partition coefficient (Wildman–Crippen LogP) is 3.33. The number of carbonyl (C=O) groups excluding carboxylic acids is 2. The molecule has 5 nitrogen and oxygen atoms in total. The number of ether oxygens (including phenoxy) is 1. The molecular formula is C18H19NO4S2. The van der Waals surface area contributed by atoms with Crippen LogP contribution in [0, 0.1) is 0 Å². The van der Waals surface area contributed by atoms with E-state index in [-0.39, 0.29) is 5.56 Å². The number of anilines is 1. The number of carbonyl (C=O) groups is 2. The van der Waals surface area contributed by atoms with E-state index in [1.807, 2.05) is 24.5 Å². The SMILES string of the molecule is CC[S@@](=O)c1ccccc1C(=O)OCC(=O)Nc1ccccc1SC. The first-order valence-corrected chi connectivity index (χ1v) is 10.2. The van der Waals surface area contributed by atoms with Crippen molar-refractivity contribution in [1.29, 1.82) is 0 Å². The highest BCUT2D eigenvalue weighted by Gasteiger charge is 2.17. The minimum atomic E-state index is -1.28. The van der Waals surface area contributed by atoms with Gasteiger partial charge in [-0.15, -0.1) is 11.8 Å². The summed E-state index contributed by atoms with van der Waals surface area (Å²) in [6, 6.07) is 13.9. The van der Waals surface area contributed by atoms with E-state index in [9.17, 15) is 13.8 Å². The Bertz CT molecular complexity index is 792. The Morgan fingerprint density at radius 1 is 1.12 bits per heavy atom. The van der Waals surface area contributed by atoms with Gasteiger partial charge >= 0.3 is 5.97 Å². The zero-order valence-electron chi connectivity index (χ0n) is 14.0. The van der Waals surface area contributed by atoms with Crippen molar-refractivity contribution < 1.29 is 18.5 Å². The summed E-state index contributed by atoms with van der Waals surface area (Å²) >= 11 is 1.51. The number of nitrogens with one attached hydrogen (secondary N) is 1. The summed E-state index contributed by atoms with van der Waals surface area (Å²) in [6.07, 6.45) is 1.91. The molecule has 1 amide bonds. The fourth-order valence-electron chi connectivity index (χ4n) is 2.13. The number of para-hydroxylation sites is 1. The average Bonchev–Trinajstić information content (AvgIpc) is 2.65. The molecule has 0 fully saturated rings. The Balaban J connectivity index is 2.01. The van der Waals surface area contributed by atoms with Crippen LogP contribution < -0.4 is 5.32 Å². The number of amides is 1. The van der Waals surface area contributed by atoms with Gasteiger partial charge in [-0.05, 0) is 30.5 Å². The second-order valence-corrected chi connectivity index (χ2v) is 7.51. The van der Waals surface area contributed by atoms with E-state index in [2.05, 4.69) is 5.32 Å². The molecule has 0 saturated carbocycles. The number of benzene rings is 2. The molecule has 2 rings (SSSR count). The van der Waals surface area contributed by atoms with E-state index in [0.29, 0.717) is 16.3 Å². The maximum absolute atomic E-state index is 12.2. The highest BCUT2D eigenvalue weighted by atomic mass is 32.2. The van der Waals surface area contributed by atoms with Gasteiger partial charge in [0.25, 0.3) is 5.91 Å². The first-order chi connectivity index (χ1) is 12.1. The lowest BCUT2D eigenvalue weighted by Crippen LogP contribution is -2.21. The summed E-state index contributed by atoms with van der Waals surface area (Å²) in [6.45, 7) is 1.36. The van der Waals surface area contributed by atoms with E-state index in [1.54, 1.807) is 37.3 Å². The van der Waals surface area contributed by atoms with Gasteiger partial charge in [-0.2, -0.15) is 0 Å². The van der Waals surface area contributed by atoms with Gasteiger partial charge in [-0.25, -0.2) is 4.79 Å². The molecule has 2 aromatic rings. The first kappa shape index (κ1) is 19.2. The summed E-state index contributed by atoms with van der Waals surface area (Å²) < 4.78 is 17.1. The number of rotatable bonds is 7. The molecule has 7 heteroatoms. The topological polar surface area (TPSA) is 72.5 Å². The molecule has 1 atom stereocenters. The average molecular weight is 377 g/mol. The van der Waals surface area contributed by atoms with Gasteiger partial charge in [-0.3, -0.25) is 9.00 Å². The smallest absolute Gasteiger partial charge is 0.339 e. The number of hydrogen-bond donors (Lipinski definition) is 1. The number of esters is 1. The van der Waals surface area contributed by atoms with Crippen molar-refractivity contribution in [2.45, 2.75) is 16.7 Å². The molecule has 0 aliphatic carbocycles. The van der Waals surface area contributed by atoms with Gasteiger partial charge in [0.05, 0.1) is 26.9 Å². The summed E-state index contributed by atoms with van der Waals surface area (Å²) in [7, 11) is -1.28. The standard InChI is InChI=1S/C18H19NO4S2/c1-3-25(22)16-11-7-4-8-13(16)18(21)23-12-17(20)19-14-9-5-6-10-15(14)24-2/h4-11H,3,12H2,1-2H3,(H,19,20)/t25-/m1/s1.